The van der Waals surface area contributed by atoms with Gasteiger partial charge < -0.3 is 5.32 Å². The normalized spacial score (nSPS) is 10.4. The van der Waals surface area contributed by atoms with Gasteiger partial charge in [-0.2, -0.15) is 5.10 Å². The number of H-pyrrole nitrogens is 1. The Kier molecular flexibility index (Phi) is 3.59. The molecule has 1 amide bonds. The molecule has 1 aromatic heterocycles. The third-order valence-corrected chi connectivity index (χ3v) is 3.38. The van der Waals surface area contributed by atoms with E-state index in [-0.39, 0.29) is 5.91 Å². The van der Waals surface area contributed by atoms with Gasteiger partial charge >= 0.3 is 0 Å². The van der Waals surface area contributed by atoms with Crippen molar-refractivity contribution in [3.05, 3.63) is 45.2 Å². The summed E-state index contributed by atoms with van der Waals surface area (Å²) >= 11 is 11.7. The van der Waals surface area contributed by atoms with Gasteiger partial charge in [0.25, 0.3) is 5.91 Å². The molecule has 0 atom stereocenters. The number of nitrogens with zero attached hydrogens (tertiary/aromatic N) is 1. The van der Waals surface area contributed by atoms with Crippen molar-refractivity contribution in [2.24, 2.45) is 0 Å². The zero-order chi connectivity index (χ0) is 13.3. The lowest BCUT2D eigenvalue weighted by Gasteiger charge is -2.05. The van der Waals surface area contributed by atoms with Gasteiger partial charge in [-0.25, -0.2) is 0 Å². The number of carbonyl (C=O) groups excluding carboxylic acids is 1. The van der Waals surface area contributed by atoms with Gasteiger partial charge in [0.05, 0.1) is 10.0 Å². The lowest BCUT2D eigenvalue weighted by atomic mass is 10.2. The van der Waals surface area contributed by atoms with Crippen LogP contribution in [0, 0.1) is 13.8 Å². The summed E-state index contributed by atoms with van der Waals surface area (Å²) in [5, 5.41) is 10.3. The van der Waals surface area contributed by atoms with Crippen molar-refractivity contribution in [2.75, 3.05) is 5.32 Å². The Hall–Kier alpha value is -1.52. The maximum Gasteiger partial charge on any atom is 0.276 e. The molecule has 0 unspecified atom stereocenters. The fourth-order valence-electron chi connectivity index (χ4n) is 1.47. The first-order chi connectivity index (χ1) is 8.49. The minimum atomic E-state index is -0.282. The van der Waals surface area contributed by atoms with Gasteiger partial charge in [0.2, 0.25) is 0 Å². The van der Waals surface area contributed by atoms with Crippen molar-refractivity contribution >= 4 is 34.8 Å². The Morgan fingerprint density at radius 2 is 2.00 bits per heavy atom. The Morgan fingerprint density at radius 3 is 2.56 bits per heavy atom. The highest BCUT2D eigenvalue weighted by Crippen LogP contribution is 2.25. The molecule has 0 aliphatic carbocycles. The molecule has 0 saturated heterocycles. The molecule has 1 aromatic carbocycles. The minimum Gasteiger partial charge on any atom is -0.321 e. The second-order valence-electron chi connectivity index (χ2n) is 3.91. The zero-order valence-corrected chi connectivity index (χ0v) is 11.4. The molecule has 0 bridgehead atoms. The monoisotopic (exact) mass is 283 g/mol. The summed E-state index contributed by atoms with van der Waals surface area (Å²) in [6.45, 7) is 3.70. The van der Waals surface area contributed by atoms with Crippen LogP contribution in [-0.2, 0) is 0 Å². The molecule has 0 saturated carbocycles. The molecule has 2 aromatic rings. The molecule has 6 heteroatoms. The number of aryl methyl sites for hydroxylation is 1. The maximum atomic E-state index is 12.0. The number of rotatable bonds is 2. The van der Waals surface area contributed by atoms with Crippen molar-refractivity contribution in [3.63, 3.8) is 0 Å². The summed E-state index contributed by atoms with van der Waals surface area (Å²) in [5.41, 5.74) is 2.65. The Morgan fingerprint density at radius 1 is 1.28 bits per heavy atom. The molecular weight excluding hydrogens is 273 g/mol. The minimum absolute atomic E-state index is 0.282. The SMILES string of the molecule is Cc1[nH]nc(C(=O)Nc2ccc(Cl)c(Cl)c2)c1C. The highest BCUT2D eigenvalue weighted by molar-refractivity contribution is 6.42. The van der Waals surface area contributed by atoms with Gasteiger partial charge in [-0.3, -0.25) is 9.89 Å². The third kappa shape index (κ3) is 2.49. The first kappa shape index (κ1) is 12.9. The summed E-state index contributed by atoms with van der Waals surface area (Å²) in [6, 6.07) is 4.90. The molecule has 18 heavy (non-hydrogen) atoms. The molecule has 0 fully saturated rings. The lowest BCUT2D eigenvalue weighted by molar-refractivity contribution is 0.102. The first-order valence-electron chi connectivity index (χ1n) is 5.27. The summed E-state index contributed by atoms with van der Waals surface area (Å²) in [4.78, 5) is 12.0. The van der Waals surface area contributed by atoms with E-state index in [0.29, 0.717) is 21.4 Å². The number of aromatic nitrogens is 2. The molecule has 0 aliphatic heterocycles. The standard InChI is InChI=1S/C12H11Cl2N3O/c1-6-7(2)16-17-11(6)12(18)15-8-3-4-9(13)10(14)5-8/h3-5H,1-2H3,(H,15,18)(H,16,17). The maximum absolute atomic E-state index is 12.0. The number of benzene rings is 1. The fourth-order valence-corrected chi connectivity index (χ4v) is 1.77. The van der Waals surface area contributed by atoms with Gasteiger partial charge in [0.15, 0.2) is 5.69 Å². The van der Waals surface area contributed by atoms with E-state index in [1.165, 1.54) is 0 Å². The van der Waals surface area contributed by atoms with Crippen LogP contribution in [0.1, 0.15) is 21.7 Å². The number of anilines is 1. The second kappa shape index (κ2) is 5.00. The molecule has 94 valence electrons. The number of hydrogen-bond acceptors (Lipinski definition) is 2. The number of nitrogens with one attached hydrogen (secondary N) is 2. The fraction of sp³-hybridized carbons (Fsp3) is 0.167. The van der Waals surface area contributed by atoms with E-state index in [0.717, 1.165) is 11.3 Å². The van der Waals surface area contributed by atoms with E-state index in [1.807, 2.05) is 13.8 Å². The van der Waals surface area contributed by atoms with E-state index in [2.05, 4.69) is 15.5 Å². The van der Waals surface area contributed by atoms with Crippen LogP contribution >= 0.6 is 23.2 Å². The predicted molar refractivity (Wildman–Crippen MR) is 72.5 cm³/mol. The summed E-state index contributed by atoms with van der Waals surface area (Å²) in [6.07, 6.45) is 0. The van der Waals surface area contributed by atoms with Gasteiger partial charge in [-0.1, -0.05) is 23.2 Å². The molecule has 0 spiro atoms. The summed E-state index contributed by atoms with van der Waals surface area (Å²) in [7, 11) is 0. The molecule has 0 radical (unpaired) electrons. The van der Waals surface area contributed by atoms with Crippen LogP contribution in [0.2, 0.25) is 10.0 Å². The molecule has 2 rings (SSSR count). The van der Waals surface area contributed by atoms with Crippen LogP contribution in [0.25, 0.3) is 0 Å². The topological polar surface area (TPSA) is 57.8 Å². The summed E-state index contributed by atoms with van der Waals surface area (Å²) < 4.78 is 0. The average molecular weight is 284 g/mol. The lowest BCUT2D eigenvalue weighted by Crippen LogP contribution is -2.13. The van der Waals surface area contributed by atoms with Gasteiger partial charge in [0, 0.05) is 16.9 Å². The second-order valence-corrected chi connectivity index (χ2v) is 4.72. The number of aromatic amines is 1. The number of halogens is 2. The third-order valence-electron chi connectivity index (χ3n) is 2.65. The first-order valence-corrected chi connectivity index (χ1v) is 6.02. The van der Waals surface area contributed by atoms with E-state index >= 15 is 0 Å². The Balaban J connectivity index is 2.21. The quantitative estimate of drug-likeness (QED) is 0.885. The zero-order valence-electron chi connectivity index (χ0n) is 9.84. The molecule has 4 nitrogen and oxygen atoms in total. The number of hydrogen-bond donors (Lipinski definition) is 2. The van der Waals surface area contributed by atoms with Crippen LogP contribution in [0.15, 0.2) is 18.2 Å². The Bertz CT molecular complexity index is 607. The van der Waals surface area contributed by atoms with Crippen LogP contribution in [-0.4, -0.2) is 16.1 Å². The van der Waals surface area contributed by atoms with Gasteiger partial charge in [-0.15, -0.1) is 0 Å². The van der Waals surface area contributed by atoms with Crippen molar-refractivity contribution in [1.29, 1.82) is 0 Å². The van der Waals surface area contributed by atoms with E-state index in [9.17, 15) is 4.79 Å². The van der Waals surface area contributed by atoms with E-state index in [1.54, 1.807) is 18.2 Å². The number of amides is 1. The Labute approximate surface area is 114 Å². The van der Waals surface area contributed by atoms with Crippen LogP contribution < -0.4 is 5.32 Å². The molecule has 2 N–H and O–H groups in total. The van der Waals surface area contributed by atoms with Gasteiger partial charge in [0.1, 0.15) is 0 Å². The molecule has 0 aliphatic rings. The van der Waals surface area contributed by atoms with E-state index < -0.39 is 0 Å². The van der Waals surface area contributed by atoms with Gasteiger partial charge in [-0.05, 0) is 32.0 Å². The summed E-state index contributed by atoms with van der Waals surface area (Å²) in [5.74, 6) is -0.282. The number of carbonyl (C=O) groups is 1. The van der Waals surface area contributed by atoms with Crippen LogP contribution in [0.5, 0.6) is 0 Å². The van der Waals surface area contributed by atoms with Crippen molar-refractivity contribution in [2.45, 2.75) is 13.8 Å². The highest BCUT2D eigenvalue weighted by Gasteiger charge is 2.14. The van der Waals surface area contributed by atoms with Crippen LogP contribution in [0.4, 0.5) is 5.69 Å². The van der Waals surface area contributed by atoms with Crippen LogP contribution in [0.3, 0.4) is 0 Å². The molecular formula is C12H11Cl2N3O. The van der Waals surface area contributed by atoms with E-state index in [4.69, 9.17) is 23.2 Å². The van der Waals surface area contributed by atoms with Crippen molar-refractivity contribution in [1.82, 2.24) is 10.2 Å². The smallest absolute Gasteiger partial charge is 0.276 e. The highest BCUT2D eigenvalue weighted by atomic mass is 35.5. The average Bonchev–Trinajstić information content (AvgIpc) is 2.65. The largest absolute Gasteiger partial charge is 0.321 e. The molecule has 1 heterocycles. The van der Waals surface area contributed by atoms with Crippen molar-refractivity contribution in [3.8, 4) is 0 Å². The van der Waals surface area contributed by atoms with Crippen molar-refractivity contribution < 1.29 is 4.79 Å². The predicted octanol–water partition coefficient (Wildman–Crippen LogP) is 3.59.